The van der Waals surface area contributed by atoms with Crippen LogP contribution < -0.4 is 28.4 Å². The third-order valence-corrected chi connectivity index (χ3v) is 16.1. The molecule has 8 heterocycles. The Labute approximate surface area is 450 Å². The van der Waals surface area contributed by atoms with Crippen molar-refractivity contribution in [3.05, 3.63) is 120 Å². The minimum Gasteiger partial charge on any atom is -0.494 e. The average molecular weight is 1110 g/mol. The van der Waals surface area contributed by atoms with E-state index in [0.717, 1.165) is 11.1 Å². The van der Waals surface area contributed by atoms with Crippen molar-refractivity contribution in [2.45, 2.75) is 61.9 Å². The van der Waals surface area contributed by atoms with Crippen LogP contribution in [0.4, 0.5) is 0 Å². The lowest BCUT2D eigenvalue weighted by Crippen LogP contribution is -2.30. The molecule has 0 aliphatic rings. The fourth-order valence-corrected chi connectivity index (χ4v) is 10.8. The first kappa shape index (κ1) is 57.4. The smallest absolute Gasteiger partial charge is 0.242 e. The van der Waals surface area contributed by atoms with E-state index in [1.807, 2.05) is 13.8 Å². The normalized spacial score (nSPS) is 13.1. The van der Waals surface area contributed by atoms with Gasteiger partial charge in [0, 0.05) is 75.7 Å². The maximum atomic E-state index is 13.7. The first-order valence-corrected chi connectivity index (χ1v) is 27.0. The summed E-state index contributed by atoms with van der Waals surface area (Å²) in [6, 6.07) is 13.5. The van der Waals surface area contributed by atoms with E-state index in [1.54, 1.807) is 87.2 Å². The van der Waals surface area contributed by atoms with Crippen LogP contribution in [0.25, 0.3) is 34.4 Å². The Bertz CT molecular complexity index is 3270. The predicted octanol–water partition coefficient (Wildman–Crippen LogP) is 5.08. The zero-order valence-electron chi connectivity index (χ0n) is 44.8. The van der Waals surface area contributed by atoms with E-state index in [1.165, 1.54) is 78.4 Å². The zero-order valence-corrected chi connectivity index (χ0v) is 46.4. The Morgan fingerprint density at radius 3 is 1.17 bits per heavy atom. The maximum absolute atomic E-state index is 13.7. The number of nitrogens with zero attached hydrogens (tertiary/aromatic N) is 14. The van der Waals surface area contributed by atoms with Crippen LogP contribution >= 0.6 is 0 Å². The molecule has 0 N–H and O–H groups in total. The van der Waals surface area contributed by atoms with Crippen LogP contribution in [0.2, 0.25) is 0 Å². The highest BCUT2D eigenvalue weighted by Crippen LogP contribution is 2.38. The van der Waals surface area contributed by atoms with E-state index < -0.39 is 53.9 Å². The van der Waals surface area contributed by atoms with Crippen molar-refractivity contribution in [3.8, 4) is 69.4 Å². The molecule has 0 aliphatic carbocycles. The Balaban J connectivity index is 0.000000226. The van der Waals surface area contributed by atoms with Gasteiger partial charge in [-0.15, -0.1) is 20.4 Å². The van der Waals surface area contributed by atoms with Crippen LogP contribution in [0.3, 0.4) is 0 Å². The minimum absolute atomic E-state index is 0.0887. The molecule has 0 fully saturated rings. The number of aryl methyl sites for hydroxylation is 2. The highest BCUT2D eigenvalue weighted by Gasteiger charge is 2.37. The van der Waals surface area contributed by atoms with E-state index >= 15 is 0 Å². The number of sulfone groups is 2. The molecule has 0 unspecified atom stereocenters. The van der Waals surface area contributed by atoms with Crippen LogP contribution in [0.15, 0.2) is 85.7 Å². The number of hydrogen-bond donors (Lipinski definition) is 0. The summed E-state index contributed by atoms with van der Waals surface area (Å²) in [5.74, 6) is 1.93. The third-order valence-electron chi connectivity index (χ3n) is 12.0. The molecule has 0 aliphatic heterocycles. The van der Waals surface area contributed by atoms with Gasteiger partial charge in [-0.1, -0.05) is 12.1 Å². The lowest BCUT2D eigenvalue weighted by atomic mass is 10.2. The lowest BCUT2D eigenvalue weighted by Gasteiger charge is -2.22. The Kier molecular flexibility index (Phi) is 18.5. The fraction of sp³-hybridized carbons (Fsp3) is 0.360. The van der Waals surface area contributed by atoms with Gasteiger partial charge in [-0.3, -0.25) is 9.13 Å². The topological polar surface area (TPSA) is 307 Å². The summed E-state index contributed by atoms with van der Waals surface area (Å²) in [5.41, 5.74) is 3.08. The molecule has 0 spiro atoms. The first-order chi connectivity index (χ1) is 37.5. The van der Waals surface area contributed by atoms with E-state index in [-0.39, 0.29) is 46.7 Å². The molecule has 0 bridgehead atoms. The molecular weight excluding hydrogens is 1050 g/mol. The van der Waals surface area contributed by atoms with Crippen molar-refractivity contribution in [1.29, 1.82) is 0 Å². The van der Waals surface area contributed by atoms with E-state index in [2.05, 4.69) is 60.3 Å². The van der Waals surface area contributed by atoms with Crippen LogP contribution in [-0.4, -0.2) is 154 Å². The summed E-state index contributed by atoms with van der Waals surface area (Å²) in [7, 11) is 3.86. The van der Waals surface area contributed by atoms with Crippen LogP contribution in [-0.2, 0) is 40.7 Å². The minimum atomic E-state index is -3.91. The van der Waals surface area contributed by atoms with E-state index in [9.17, 15) is 16.8 Å². The quantitative estimate of drug-likeness (QED) is 0.0854. The predicted molar refractivity (Wildman–Crippen MR) is 281 cm³/mol. The van der Waals surface area contributed by atoms with Crippen LogP contribution in [0.5, 0.6) is 35.0 Å². The van der Waals surface area contributed by atoms with Crippen molar-refractivity contribution in [1.82, 2.24) is 69.4 Å². The largest absolute Gasteiger partial charge is 0.494 e. The van der Waals surface area contributed by atoms with Gasteiger partial charge in [-0.05, 0) is 51.0 Å². The third kappa shape index (κ3) is 12.4. The van der Waals surface area contributed by atoms with Gasteiger partial charge >= 0.3 is 0 Å². The molecular formula is C50H58N14O12S2. The molecule has 8 aromatic heterocycles. The molecule has 4 atom stereocenters. The van der Waals surface area contributed by atoms with Crippen LogP contribution in [0.1, 0.15) is 60.5 Å². The van der Waals surface area contributed by atoms with Crippen molar-refractivity contribution in [2.75, 3.05) is 56.9 Å². The SMILES string of the molecule is COc1cccc(-c2nnc(CS(=O)(=O)[C@@H](C)[C@H](OC)c3ncc(C)cn3)n2-c2c(OC)ccnc2OC)n1.COc1cccc(-c2nnc(CS(=O)(=O)[C@@H](C)[C@H](OC)c3ncc(C)cn3)n2-c2c(OC)ccnc2OC)n1. The standard InChI is InChI=1S/2C25H29N7O6S/c2*1-15-12-27-23(28-13-15)22(37-5)16(2)39(33,34)14-19-30-31-24(17-8-7-9-20(29-17)36-4)32(19)21-18(35-3)10-11-26-25(21)38-6/h2*7-13,16,22H,14H2,1-6H3/t2*16-,22-/m00/s1. The van der Waals surface area contributed by atoms with Gasteiger partial charge < -0.3 is 37.9 Å². The molecule has 8 rings (SSSR count). The number of pyridine rings is 4. The Morgan fingerprint density at radius 1 is 0.474 bits per heavy atom. The van der Waals surface area contributed by atoms with Crippen molar-refractivity contribution in [2.24, 2.45) is 0 Å². The molecule has 78 heavy (non-hydrogen) atoms. The highest BCUT2D eigenvalue weighted by molar-refractivity contribution is 7.91. The van der Waals surface area contributed by atoms with Gasteiger partial charge in [-0.25, -0.2) is 56.7 Å². The molecule has 8 aromatic rings. The van der Waals surface area contributed by atoms with Crippen molar-refractivity contribution >= 4 is 19.7 Å². The number of rotatable bonds is 22. The lowest BCUT2D eigenvalue weighted by molar-refractivity contribution is 0.0947. The molecule has 0 radical (unpaired) electrons. The summed E-state index contributed by atoms with van der Waals surface area (Å²) >= 11 is 0. The number of ether oxygens (including phenoxy) is 8. The second kappa shape index (κ2) is 25.2. The number of aromatic nitrogens is 14. The molecule has 0 saturated heterocycles. The van der Waals surface area contributed by atoms with Gasteiger partial charge in [0.1, 0.15) is 46.6 Å². The first-order valence-electron chi connectivity index (χ1n) is 23.6. The van der Waals surface area contributed by atoms with Gasteiger partial charge in [-0.2, -0.15) is 0 Å². The summed E-state index contributed by atoms with van der Waals surface area (Å²) in [6.45, 7) is 6.77. The number of methoxy groups -OCH3 is 8. The summed E-state index contributed by atoms with van der Waals surface area (Å²) in [5, 5.41) is 15.1. The van der Waals surface area contributed by atoms with Gasteiger partial charge in [0.05, 0.1) is 53.2 Å². The summed E-state index contributed by atoms with van der Waals surface area (Å²) in [6.07, 6.45) is 7.65. The van der Waals surface area contributed by atoms with E-state index in [4.69, 9.17) is 37.9 Å². The number of hydrogen-bond acceptors (Lipinski definition) is 24. The van der Waals surface area contributed by atoms with Gasteiger partial charge in [0.25, 0.3) is 0 Å². The maximum Gasteiger partial charge on any atom is 0.242 e. The van der Waals surface area contributed by atoms with Crippen LogP contribution in [0, 0.1) is 13.8 Å². The van der Waals surface area contributed by atoms with Crippen molar-refractivity contribution < 1.29 is 54.7 Å². The molecule has 412 valence electrons. The highest BCUT2D eigenvalue weighted by atomic mass is 32.2. The molecule has 26 nitrogen and oxygen atoms in total. The van der Waals surface area contributed by atoms with Gasteiger partial charge in [0.2, 0.25) is 23.5 Å². The fourth-order valence-electron chi connectivity index (χ4n) is 7.92. The monoisotopic (exact) mass is 1110 g/mol. The molecule has 0 aromatic carbocycles. The Hall–Kier alpha value is -8.34. The van der Waals surface area contributed by atoms with Gasteiger partial charge in [0.15, 0.2) is 66.0 Å². The summed E-state index contributed by atoms with van der Waals surface area (Å²) < 4.78 is 102. The summed E-state index contributed by atoms with van der Waals surface area (Å²) in [4.78, 5) is 34.5. The molecule has 0 saturated carbocycles. The molecule has 0 amide bonds. The molecule has 28 heteroatoms. The average Bonchev–Trinajstić information content (AvgIpc) is 4.08. The second-order valence-corrected chi connectivity index (χ2v) is 21.7. The second-order valence-electron chi connectivity index (χ2n) is 17.0. The zero-order chi connectivity index (χ0) is 56.3. The van der Waals surface area contributed by atoms with Crippen molar-refractivity contribution in [3.63, 3.8) is 0 Å². The Morgan fingerprint density at radius 2 is 0.846 bits per heavy atom. The van der Waals surface area contributed by atoms with E-state index in [0.29, 0.717) is 46.0 Å².